The highest BCUT2D eigenvalue weighted by Crippen LogP contribution is 2.39. The number of likely N-dealkylation sites (tertiary alicyclic amines) is 1. The van der Waals surface area contributed by atoms with Crippen LogP contribution in [-0.4, -0.2) is 51.2 Å². The molecular weight excluding hydrogens is 304 g/mol. The third-order valence-electron chi connectivity index (χ3n) is 5.02. The fraction of sp³-hybridized carbons (Fsp3) is 0.647. The van der Waals surface area contributed by atoms with E-state index in [-0.39, 0.29) is 0 Å². The average molecular weight is 328 g/mol. The van der Waals surface area contributed by atoms with Crippen LogP contribution in [-0.2, 0) is 6.54 Å². The normalized spacial score (nSPS) is 19.6. The van der Waals surface area contributed by atoms with Crippen LogP contribution in [0.25, 0.3) is 0 Å². The molecule has 7 heteroatoms. The van der Waals surface area contributed by atoms with Gasteiger partial charge in [-0.25, -0.2) is 9.97 Å². The smallest absolute Gasteiger partial charge is 0.230 e. The van der Waals surface area contributed by atoms with E-state index in [4.69, 9.17) is 4.42 Å². The third kappa shape index (κ3) is 3.40. The number of anilines is 1. The molecule has 7 nitrogen and oxygen atoms in total. The molecule has 0 amide bonds. The highest BCUT2D eigenvalue weighted by Gasteiger charge is 2.30. The zero-order valence-electron chi connectivity index (χ0n) is 14.4. The van der Waals surface area contributed by atoms with E-state index in [1.165, 1.54) is 12.8 Å². The van der Waals surface area contributed by atoms with Crippen LogP contribution in [0.3, 0.4) is 0 Å². The maximum Gasteiger partial charge on any atom is 0.230 e. The van der Waals surface area contributed by atoms with Crippen molar-refractivity contribution in [2.24, 2.45) is 0 Å². The lowest BCUT2D eigenvalue weighted by Crippen LogP contribution is -2.43. The molecule has 2 aromatic heterocycles. The van der Waals surface area contributed by atoms with Crippen LogP contribution >= 0.6 is 0 Å². The molecule has 24 heavy (non-hydrogen) atoms. The summed E-state index contributed by atoms with van der Waals surface area (Å²) in [5.74, 6) is 3.13. The minimum Gasteiger partial charge on any atom is -0.424 e. The van der Waals surface area contributed by atoms with Crippen molar-refractivity contribution >= 4 is 5.82 Å². The number of aryl methyl sites for hydroxylation is 1. The molecule has 0 spiro atoms. The molecule has 1 aliphatic carbocycles. The number of hydrogen-bond donors (Lipinski definition) is 0. The molecule has 4 rings (SSSR count). The summed E-state index contributed by atoms with van der Waals surface area (Å²) in [6.45, 7) is 4.85. The first-order chi connectivity index (χ1) is 11.7. The molecule has 3 heterocycles. The van der Waals surface area contributed by atoms with E-state index in [1.54, 1.807) is 6.33 Å². The molecule has 0 bridgehead atoms. The van der Waals surface area contributed by atoms with Crippen molar-refractivity contribution < 1.29 is 4.42 Å². The summed E-state index contributed by atoms with van der Waals surface area (Å²) in [7, 11) is 2.13. The predicted octanol–water partition coefficient (Wildman–Crippen LogP) is 2.15. The zero-order valence-corrected chi connectivity index (χ0v) is 14.4. The van der Waals surface area contributed by atoms with E-state index in [0.29, 0.717) is 12.0 Å². The minimum absolute atomic E-state index is 0.514. The summed E-state index contributed by atoms with van der Waals surface area (Å²) in [6.07, 6.45) is 6.26. The van der Waals surface area contributed by atoms with Gasteiger partial charge in [0.1, 0.15) is 12.1 Å². The van der Waals surface area contributed by atoms with Gasteiger partial charge < -0.3 is 9.32 Å². The number of nitrogens with zero attached hydrogens (tertiary/aromatic N) is 6. The number of hydrogen-bond acceptors (Lipinski definition) is 7. The van der Waals surface area contributed by atoms with Gasteiger partial charge in [0, 0.05) is 43.9 Å². The van der Waals surface area contributed by atoms with Crippen molar-refractivity contribution in [3.05, 3.63) is 29.9 Å². The summed E-state index contributed by atoms with van der Waals surface area (Å²) in [5.41, 5.74) is 1.01. The van der Waals surface area contributed by atoms with Gasteiger partial charge in [0.05, 0.1) is 6.54 Å². The molecule has 0 aromatic carbocycles. The van der Waals surface area contributed by atoms with Gasteiger partial charge in [-0.2, -0.15) is 0 Å². The lowest BCUT2D eigenvalue weighted by atomic mass is 10.0. The van der Waals surface area contributed by atoms with Crippen LogP contribution in [0.2, 0.25) is 0 Å². The van der Waals surface area contributed by atoms with Crippen LogP contribution < -0.4 is 4.90 Å². The predicted molar refractivity (Wildman–Crippen MR) is 89.7 cm³/mol. The van der Waals surface area contributed by atoms with Crippen molar-refractivity contribution in [3.8, 4) is 0 Å². The van der Waals surface area contributed by atoms with Crippen LogP contribution in [0.1, 0.15) is 49.1 Å². The highest BCUT2D eigenvalue weighted by atomic mass is 16.4. The highest BCUT2D eigenvalue weighted by molar-refractivity contribution is 5.39. The number of piperidine rings is 1. The second-order valence-corrected chi connectivity index (χ2v) is 6.94. The quantitative estimate of drug-likeness (QED) is 0.832. The van der Waals surface area contributed by atoms with Gasteiger partial charge in [0.2, 0.25) is 11.8 Å². The van der Waals surface area contributed by atoms with Crippen molar-refractivity contribution in [2.45, 2.75) is 51.1 Å². The maximum atomic E-state index is 5.78. The maximum absolute atomic E-state index is 5.78. The van der Waals surface area contributed by atoms with E-state index in [1.807, 2.05) is 13.0 Å². The molecule has 0 atom stereocenters. The molecule has 128 valence electrons. The molecule has 0 N–H and O–H groups in total. The molecule has 1 saturated heterocycles. The zero-order chi connectivity index (χ0) is 16.5. The van der Waals surface area contributed by atoms with Gasteiger partial charge in [0.25, 0.3) is 0 Å². The van der Waals surface area contributed by atoms with Crippen LogP contribution in [0, 0.1) is 6.92 Å². The molecule has 1 saturated carbocycles. The Hall–Kier alpha value is -2.02. The van der Waals surface area contributed by atoms with Gasteiger partial charge >= 0.3 is 0 Å². The second kappa shape index (κ2) is 6.47. The molecule has 1 aliphatic heterocycles. The number of aromatic nitrogens is 4. The monoisotopic (exact) mass is 328 g/mol. The molecule has 0 radical (unpaired) electrons. The Labute approximate surface area is 142 Å². The Kier molecular flexibility index (Phi) is 4.18. The van der Waals surface area contributed by atoms with Crippen LogP contribution in [0.15, 0.2) is 16.8 Å². The summed E-state index contributed by atoms with van der Waals surface area (Å²) in [5, 5.41) is 8.37. The summed E-state index contributed by atoms with van der Waals surface area (Å²) in [6, 6.07) is 2.56. The fourth-order valence-electron chi connectivity index (χ4n) is 3.30. The lowest BCUT2D eigenvalue weighted by molar-refractivity contribution is 0.185. The summed E-state index contributed by atoms with van der Waals surface area (Å²) < 4.78 is 5.78. The van der Waals surface area contributed by atoms with Gasteiger partial charge in [-0.3, -0.25) is 4.90 Å². The molecule has 2 aromatic rings. The number of rotatable bonds is 5. The van der Waals surface area contributed by atoms with E-state index in [9.17, 15) is 0 Å². The SMILES string of the molecule is Cc1cc(N(C)C2CCN(Cc3nnc(C4CC4)o3)CC2)ncn1. The van der Waals surface area contributed by atoms with Crippen molar-refractivity contribution in [2.75, 3.05) is 25.0 Å². The minimum atomic E-state index is 0.514. The average Bonchev–Trinajstić information content (AvgIpc) is 3.35. The topological polar surface area (TPSA) is 71.2 Å². The third-order valence-corrected chi connectivity index (χ3v) is 5.02. The van der Waals surface area contributed by atoms with E-state index < -0.39 is 0 Å². The lowest BCUT2D eigenvalue weighted by Gasteiger charge is -2.36. The summed E-state index contributed by atoms with van der Waals surface area (Å²) in [4.78, 5) is 13.3. The van der Waals surface area contributed by atoms with Crippen molar-refractivity contribution in [1.82, 2.24) is 25.1 Å². The first-order valence-corrected chi connectivity index (χ1v) is 8.75. The van der Waals surface area contributed by atoms with E-state index in [2.05, 4.69) is 37.0 Å². The van der Waals surface area contributed by atoms with Crippen LogP contribution in [0.4, 0.5) is 5.82 Å². The van der Waals surface area contributed by atoms with Gasteiger partial charge in [0.15, 0.2) is 0 Å². The van der Waals surface area contributed by atoms with Crippen LogP contribution in [0.5, 0.6) is 0 Å². The Morgan fingerprint density at radius 3 is 2.67 bits per heavy atom. The van der Waals surface area contributed by atoms with E-state index >= 15 is 0 Å². The standard InChI is InChI=1S/C17H24N6O/c1-12-9-15(19-11-18-12)22(2)14-5-7-23(8-6-14)10-16-20-21-17(24-16)13-3-4-13/h9,11,13-14H,3-8,10H2,1-2H3. The van der Waals surface area contributed by atoms with Crippen molar-refractivity contribution in [3.63, 3.8) is 0 Å². The first-order valence-electron chi connectivity index (χ1n) is 8.75. The summed E-state index contributed by atoms with van der Waals surface area (Å²) >= 11 is 0. The molecule has 2 aliphatic rings. The van der Waals surface area contributed by atoms with Gasteiger partial charge in [-0.1, -0.05) is 0 Å². The van der Waals surface area contributed by atoms with E-state index in [0.717, 1.165) is 55.8 Å². The molecule has 0 unspecified atom stereocenters. The fourth-order valence-corrected chi connectivity index (χ4v) is 3.30. The Balaban J connectivity index is 1.31. The first kappa shape index (κ1) is 15.5. The Morgan fingerprint density at radius 2 is 1.96 bits per heavy atom. The van der Waals surface area contributed by atoms with Crippen molar-refractivity contribution in [1.29, 1.82) is 0 Å². The molecular formula is C17H24N6O. The van der Waals surface area contributed by atoms with Gasteiger partial charge in [-0.05, 0) is 32.6 Å². The largest absolute Gasteiger partial charge is 0.424 e. The van der Waals surface area contributed by atoms with Gasteiger partial charge in [-0.15, -0.1) is 10.2 Å². The Bertz CT molecular complexity index is 690. The molecule has 2 fully saturated rings. The second-order valence-electron chi connectivity index (χ2n) is 6.94. The Morgan fingerprint density at radius 1 is 1.17 bits per heavy atom.